The van der Waals surface area contributed by atoms with Gasteiger partial charge in [0.1, 0.15) is 12.7 Å². The van der Waals surface area contributed by atoms with E-state index in [2.05, 4.69) is 15.0 Å². The molecule has 1 aliphatic rings. The molecule has 0 spiro atoms. The molecule has 55 heavy (non-hydrogen) atoms. The number of ether oxygens (including phenoxy) is 4. The van der Waals surface area contributed by atoms with E-state index in [0.29, 0.717) is 5.69 Å². The molecule has 0 bridgehead atoms. The van der Waals surface area contributed by atoms with Crippen molar-refractivity contribution in [1.29, 1.82) is 0 Å². The standard InChI is InChI=1S/C32H27N3O9.C6H7N3O2/c1-19-17-35(28(37)24(34-19)27(33)36)29-26(44-32(40)22-15-9-4-10-16-22)25(43-31(39)21-13-7-3-8-14-21)23(42-29)18-41-30(38)20-11-5-2-6-12-20;1-3-2-8-6(11)4(9-3)5(7)10/h2-17,23,25-26,29H,18H2,1H3,(H2,33,36);2H,1H3,(H2,7,10)(H,8,11)/t23-,25-,26?,29-;/m1./s1. The molecule has 17 heteroatoms. The Kier molecular flexibility index (Phi) is 12.4. The Morgan fingerprint density at radius 1 is 0.691 bits per heavy atom. The van der Waals surface area contributed by atoms with Crippen LogP contribution in [0.4, 0.5) is 0 Å². The van der Waals surface area contributed by atoms with Crippen LogP contribution in [0.2, 0.25) is 0 Å². The Labute approximate surface area is 311 Å². The summed E-state index contributed by atoms with van der Waals surface area (Å²) in [6, 6.07) is 24.3. The van der Waals surface area contributed by atoms with Crippen molar-refractivity contribution in [3.63, 3.8) is 0 Å². The van der Waals surface area contributed by atoms with E-state index in [4.69, 9.17) is 30.4 Å². The minimum atomic E-state index is -1.45. The number of nitrogens with zero attached hydrogens (tertiary/aromatic N) is 3. The third-order valence-electron chi connectivity index (χ3n) is 7.89. The largest absolute Gasteiger partial charge is 0.459 e. The Balaban J connectivity index is 0.000000454. The Bertz CT molecular complexity index is 2320. The molecular formula is C38H34N6O11. The van der Waals surface area contributed by atoms with Gasteiger partial charge < -0.3 is 35.4 Å². The van der Waals surface area contributed by atoms with E-state index in [9.17, 15) is 33.6 Å². The maximum atomic E-state index is 13.3. The molecule has 0 aliphatic carbocycles. The number of esters is 3. The smallest absolute Gasteiger partial charge is 0.338 e. The average molecular weight is 751 g/mol. The fourth-order valence-electron chi connectivity index (χ4n) is 5.33. The number of nitrogens with two attached hydrogens (primary N) is 2. The lowest BCUT2D eigenvalue weighted by Crippen LogP contribution is -2.43. The summed E-state index contributed by atoms with van der Waals surface area (Å²) >= 11 is 0. The van der Waals surface area contributed by atoms with Gasteiger partial charge in [-0.15, -0.1) is 0 Å². The monoisotopic (exact) mass is 750 g/mol. The average Bonchev–Trinajstić information content (AvgIpc) is 3.51. The zero-order chi connectivity index (χ0) is 39.6. The number of benzene rings is 3. The van der Waals surface area contributed by atoms with E-state index in [0.717, 1.165) is 4.57 Å². The molecule has 0 radical (unpaired) electrons. The minimum absolute atomic E-state index is 0.175. The first-order chi connectivity index (χ1) is 26.3. The van der Waals surface area contributed by atoms with Crippen molar-refractivity contribution in [2.24, 2.45) is 11.5 Å². The molecule has 1 fully saturated rings. The second kappa shape index (κ2) is 17.5. The lowest BCUT2D eigenvalue weighted by Gasteiger charge is -2.25. The van der Waals surface area contributed by atoms with E-state index < -0.39 is 77.7 Å². The van der Waals surface area contributed by atoms with Crippen molar-refractivity contribution in [3.8, 4) is 0 Å². The van der Waals surface area contributed by atoms with Gasteiger partial charge in [-0.2, -0.15) is 0 Å². The van der Waals surface area contributed by atoms with Gasteiger partial charge >= 0.3 is 17.9 Å². The summed E-state index contributed by atoms with van der Waals surface area (Å²) < 4.78 is 24.3. The van der Waals surface area contributed by atoms with Gasteiger partial charge in [0.2, 0.25) is 0 Å². The van der Waals surface area contributed by atoms with Crippen LogP contribution in [-0.4, -0.2) is 74.2 Å². The zero-order valence-corrected chi connectivity index (χ0v) is 29.3. The molecular weight excluding hydrogens is 716 g/mol. The maximum Gasteiger partial charge on any atom is 0.338 e. The van der Waals surface area contributed by atoms with Gasteiger partial charge in [-0.1, -0.05) is 54.6 Å². The molecule has 1 aliphatic heterocycles. The predicted molar refractivity (Wildman–Crippen MR) is 192 cm³/mol. The maximum absolute atomic E-state index is 13.3. The molecule has 282 valence electrons. The first kappa shape index (κ1) is 38.9. The highest BCUT2D eigenvalue weighted by Gasteiger charge is 2.52. The number of carbonyl (C=O) groups excluding carboxylic acids is 5. The van der Waals surface area contributed by atoms with Crippen LogP contribution in [0.5, 0.6) is 0 Å². The van der Waals surface area contributed by atoms with Crippen molar-refractivity contribution in [1.82, 2.24) is 19.5 Å². The van der Waals surface area contributed by atoms with Crippen molar-refractivity contribution < 1.29 is 42.9 Å². The van der Waals surface area contributed by atoms with E-state index in [-0.39, 0.29) is 28.1 Å². The number of carbonyl (C=O) groups is 5. The van der Waals surface area contributed by atoms with Gasteiger partial charge in [0.05, 0.1) is 28.1 Å². The van der Waals surface area contributed by atoms with Gasteiger partial charge in [-0.3, -0.25) is 23.7 Å². The number of aryl methyl sites for hydroxylation is 2. The summed E-state index contributed by atoms with van der Waals surface area (Å²) in [6.45, 7) is 2.73. The molecule has 5 aromatic rings. The van der Waals surface area contributed by atoms with Crippen LogP contribution in [0, 0.1) is 13.8 Å². The number of H-pyrrole nitrogens is 1. The highest BCUT2D eigenvalue weighted by Crippen LogP contribution is 2.35. The Morgan fingerprint density at radius 3 is 1.65 bits per heavy atom. The molecule has 4 atom stereocenters. The van der Waals surface area contributed by atoms with Gasteiger partial charge in [0, 0.05) is 12.4 Å². The summed E-state index contributed by atoms with van der Waals surface area (Å²) in [5.74, 6) is -4.16. The fourth-order valence-corrected chi connectivity index (χ4v) is 5.33. The number of aromatic nitrogens is 4. The molecule has 3 aromatic carbocycles. The number of hydrogen-bond donors (Lipinski definition) is 3. The third-order valence-corrected chi connectivity index (χ3v) is 7.89. The quantitative estimate of drug-likeness (QED) is 0.137. The van der Waals surface area contributed by atoms with Crippen LogP contribution in [0.15, 0.2) is 113 Å². The summed E-state index contributed by atoms with van der Waals surface area (Å²) in [6.07, 6.45) is -2.78. The molecule has 2 aromatic heterocycles. The fraction of sp³-hybridized carbons (Fsp3) is 0.184. The molecule has 3 heterocycles. The van der Waals surface area contributed by atoms with Gasteiger partial charge in [0.15, 0.2) is 29.8 Å². The van der Waals surface area contributed by atoms with Crippen molar-refractivity contribution in [2.75, 3.05) is 6.61 Å². The first-order valence-electron chi connectivity index (χ1n) is 16.5. The van der Waals surface area contributed by atoms with Crippen LogP contribution >= 0.6 is 0 Å². The van der Waals surface area contributed by atoms with Crippen LogP contribution in [0.25, 0.3) is 0 Å². The molecule has 6 rings (SSSR count). The summed E-state index contributed by atoms with van der Waals surface area (Å²) in [5.41, 5.74) is 9.37. The molecule has 2 amide bonds. The number of hydrogen-bond acceptors (Lipinski definition) is 13. The number of amides is 2. The predicted octanol–water partition coefficient (Wildman–Crippen LogP) is 2.03. The molecule has 0 saturated carbocycles. The van der Waals surface area contributed by atoms with E-state index in [1.165, 1.54) is 43.6 Å². The number of rotatable bonds is 10. The molecule has 5 N–H and O–H groups in total. The third kappa shape index (κ3) is 9.59. The highest BCUT2D eigenvalue weighted by atomic mass is 16.7. The van der Waals surface area contributed by atoms with Crippen molar-refractivity contribution >= 4 is 29.7 Å². The summed E-state index contributed by atoms with van der Waals surface area (Å²) in [4.78, 5) is 95.9. The normalized spacial score (nSPS) is 17.2. The SMILES string of the molecule is Cc1c[nH]c(=O)c(C(N)=O)n1.Cc1cn([C@@H]2O[C@H](COC(=O)c3ccccc3)[C@@H](OC(=O)c3ccccc3)C2OC(=O)c2ccccc2)c(=O)c(C(N)=O)n1. The molecule has 17 nitrogen and oxygen atoms in total. The van der Waals surface area contributed by atoms with Crippen molar-refractivity contribution in [2.45, 2.75) is 38.4 Å². The van der Waals surface area contributed by atoms with E-state index in [1.807, 2.05) is 0 Å². The second-order valence-corrected chi connectivity index (χ2v) is 11.9. The first-order valence-corrected chi connectivity index (χ1v) is 16.5. The lowest BCUT2D eigenvalue weighted by atomic mass is 10.1. The second-order valence-electron chi connectivity index (χ2n) is 11.9. The van der Waals surface area contributed by atoms with Crippen LogP contribution in [0.3, 0.4) is 0 Å². The van der Waals surface area contributed by atoms with Crippen LogP contribution in [-0.2, 0) is 18.9 Å². The van der Waals surface area contributed by atoms with Gasteiger partial charge in [0.25, 0.3) is 22.9 Å². The molecule has 1 saturated heterocycles. The topological polar surface area (TPSA) is 255 Å². The Hall–Kier alpha value is -7.27. The lowest BCUT2D eigenvalue weighted by molar-refractivity contribution is -0.0637. The number of primary amides is 2. The highest BCUT2D eigenvalue weighted by molar-refractivity contribution is 5.92. The van der Waals surface area contributed by atoms with Crippen LogP contribution in [0.1, 0.15) is 69.7 Å². The van der Waals surface area contributed by atoms with Crippen LogP contribution < -0.4 is 22.6 Å². The van der Waals surface area contributed by atoms with E-state index in [1.54, 1.807) is 73.7 Å². The zero-order valence-electron chi connectivity index (χ0n) is 29.3. The number of aromatic amines is 1. The Morgan fingerprint density at radius 2 is 1.16 bits per heavy atom. The minimum Gasteiger partial charge on any atom is -0.459 e. The van der Waals surface area contributed by atoms with Gasteiger partial charge in [-0.05, 0) is 50.2 Å². The van der Waals surface area contributed by atoms with E-state index >= 15 is 0 Å². The van der Waals surface area contributed by atoms with Crippen molar-refractivity contribution in [3.05, 3.63) is 164 Å². The summed E-state index contributed by atoms with van der Waals surface area (Å²) in [5, 5.41) is 0. The number of nitrogens with one attached hydrogen (secondary N) is 1. The molecule has 1 unspecified atom stereocenters. The summed E-state index contributed by atoms with van der Waals surface area (Å²) in [7, 11) is 0. The van der Waals surface area contributed by atoms with Gasteiger partial charge in [-0.25, -0.2) is 24.4 Å².